The molecule has 1 aliphatic carbocycles. The second-order valence-electron chi connectivity index (χ2n) is 4.88. The number of Topliss-reactive ketones (excluding diaryl/α,β-unsaturated/α-hetero) is 1. The fourth-order valence-electron chi connectivity index (χ4n) is 2.47. The molecule has 0 atom stereocenters. The van der Waals surface area contributed by atoms with Gasteiger partial charge in [-0.05, 0) is 25.8 Å². The molecule has 7 heteroatoms. The van der Waals surface area contributed by atoms with E-state index in [0.29, 0.717) is 43.7 Å². The number of ketones is 1. The number of rotatable bonds is 5. The number of pyridine rings is 1. The van der Waals surface area contributed by atoms with Crippen LogP contribution in [-0.4, -0.2) is 36.8 Å². The molecule has 120 valence electrons. The Bertz CT molecular complexity index is 634. The highest BCUT2D eigenvalue weighted by atomic mass is 16.7. The average molecular weight is 309 g/mol. The number of hydrogen-bond donors (Lipinski definition) is 0. The molecule has 1 aliphatic rings. The van der Waals surface area contributed by atoms with Crippen LogP contribution < -0.4 is 10.3 Å². The van der Waals surface area contributed by atoms with Crippen molar-refractivity contribution in [2.45, 2.75) is 32.7 Å². The highest BCUT2D eigenvalue weighted by Gasteiger charge is 2.24. The van der Waals surface area contributed by atoms with Crippen LogP contribution in [0, 0.1) is 0 Å². The normalized spacial score (nSPS) is 13.6. The Morgan fingerprint density at radius 2 is 2.09 bits per heavy atom. The van der Waals surface area contributed by atoms with Gasteiger partial charge in [-0.15, -0.1) is 0 Å². The van der Waals surface area contributed by atoms with E-state index >= 15 is 0 Å². The van der Waals surface area contributed by atoms with Gasteiger partial charge in [0.25, 0.3) is 5.56 Å². The molecule has 7 nitrogen and oxygen atoms in total. The molecule has 2 rings (SSSR count). The van der Waals surface area contributed by atoms with Gasteiger partial charge in [0.05, 0.1) is 13.2 Å². The third-order valence-electron chi connectivity index (χ3n) is 3.46. The summed E-state index contributed by atoms with van der Waals surface area (Å²) in [5, 5.41) is 0. The summed E-state index contributed by atoms with van der Waals surface area (Å²) >= 11 is 0. The lowest BCUT2D eigenvalue weighted by Gasteiger charge is -2.21. The Hall–Kier alpha value is -2.15. The van der Waals surface area contributed by atoms with E-state index in [1.54, 1.807) is 6.92 Å². The molecule has 1 aromatic heterocycles. The number of carbonyl (C=O) groups is 2. The summed E-state index contributed by atoms with van der Waals surface area (Å²) in [7, 11) is 1.53. The topological polar surface area (TPSA) is 83.8 Å². The van der Waals surface area contributed by atoms with Crippen molar-refractivity contribution < 1.29 is 23.8 Å². The highest BCUT2D eigenvalue weighted by Crippen LogP contribution is 2.23. The summed E-state index contributed by atoms with van der Waals surface area (Å²) in [4.78, 5) is 36.0. The van der Waals surface area contributed by atoms with E-state index in [9.17, 15) is 14.4 Å². The van der Waals surface area contributed by atoms with Gasteiger partial charge in [-0.25, -0.2) is 4.79 Å². The van der Waals surface area contributed by atoms with Crippen LogP contribution in [0.2, 0.25) is 0 Å². The molecular formula is C15H19NO6. The lowest BCUT2D eigenvalue weighted by Crippen LogP contribution is -2.31. The predicted molar refractivity (Wildman–Crippen MR) is 77.5 cm³/mol. The van der Waals surface area contributed by atoms with E-state index in [1.165, 1.54) is 17.7 Å². The number of nitrogens with zero attached hydrogens (tertiary/aromatic N) is 1. The standard InChI is InChI=1S/C15H19NO6/c1-3-21-15(19)22-13-9-10-11(5-4-6-12(10)17)16(14(13)18)7-8-20-2/h9H,3-8H2,1-2H3. The summed E-state index contributed by atoms with van der Waals surface area (Å²) in [5.74, 6) is -0.246. The fraction of sp³-hybridized carbons (Fsp3) is 0.533. The van der Waals surface area contributed by atoms with E-state index in [-0.39, 0.29) is 18.1 Å². The first-order chi connectivity index (χ1) is 10.6. The van der Waals surface area contributed by atoms with E-state index in [4.69, 9.17) is 9.47 Å². The molecule has 1 heterocycles. The number of carbonyl (C=O) groups excluding carboxylic acids is 2. The largest absolute Gasteiger partial charge is 0.514 e. The Kier molecular flexibility index (Phi) is 5.32. The van der Waals surface area contributed by atoms with Gasteiger partial charge in [-0.3, -0.25) is 9.59 Å². The zero-order chi connectivity index (χ0) is 16.1. The number of methoxy groups -OCH3 is 1. The van der Waals surface area contributed by atoms with Crippen molar-refractivity contribution in [2.24, 2.45) is 0 Å². The fourth-order valence-corrected chi connectivity index (χ4v) is 2.47. The Labute approximate surface area is 127 Å². The summed E-state index contributed by atoms with van der Waals surface area (Å²) in [5.41, 5.74) is 0.648. The van der Waals surface area contributed by atoms with Crippen LogP contribution in [0.4, 0.5) is 4.79 Å². The number of ether oxygens (including phenoxy) is 3. The van der Waals surface area contributed by atoms with Crippen molar-refractivity contribution in [2.75, 3.05) is 20.3 Å². The quantitative estimate of drug-likeness (QED) is 0.767. The first-order valence-electron chi connectivity index (χ1n) is 7.22. The van der Waals surface area contributed by atoms with Crippen LogP contribution in [0.3, 0.4) is 0 Å². The zero-order valence-corrected chi connectivity index (χ0v) is 12.7. The first-order valence-corrected chi connectivity index (χ1v) is 7.22. The van der Waals surface area contributed by atoms with Crippen LogP contribution in [0.25, 0.3) is 0 Å². The average Bonchev–Trinajstić information content (AvgIpc) is 2.48. The smallest absolute Gasteiger partial charge is 0.434 e. The maximum Gasteiger partial charge on any atom is 0.514 e. The van der Waals surface area contributed by atoms with Gasteiger partial charge in [0.1, 0.15) is 0 Å². The van der Waals surface area contributed by atoms with Crippen molar-refractivity contribution in [1.82, 2.24) is 4.57 Å². The second-order valence-corrected chi connectivity index (χ2v) is 4.88. The molecule has 22 heavy (non-hydrogen) atoms. The summed E-state index contributed by atoms with van der Waals surface area (Å²) in [6.07, 6.45) is 0.811. The number of fused-ring (bicyclic) bond motifs is 1. The molecular weight excluding hydrogens is 290 g/mol. The molecule has 0 amide bonds. The molecule has 0 bridgehead atoms. The molecule has 0 radical (unpaired) electrons. The van der Waals surface area contributed by atoms with Crippen LogP contribution >= 0.6 is 0 Å². The van der Waals surface area contributed by atoms with E-state index in [0.717, 1.165) is 0 Å². The predicted octanol–water partition coefficient (Wildman–Crippen LogP) is 1.55. The lowest BCUT2D eigenvalue weighted by molar-refractivity contribution is 0.0958. The minimum atomic E-state index is -0.957. The molecule has 0 aromatic carbocycles. The van der Waals surface area contributed by atoms with Crippen molar-refractivity contribution >= 4 is 11.9 Å². The highest BCUT2D eigenvalue weighted by molar-refractivity contribution is 5.98. The molecule has 1 aromatic rings. The van der Waals surface area contributed by atoms with Crippen LogP contribution in [0.5, 0.6) is 5.75 Å². The molecule has 0 spiro atoms. The minimum absolute atomic E-state index is 0.0545. The van der Waals surface area contributed by atoms with Crippen LogP contribution in [-0.2, 0) is 22.4 Å². The van der Waals surface area contributed by atoms with Crippen molar-refractivity contribution in [3.05, 3.63) is 27.7 Å². The van der Waals surface area contributed by atoms with E-state index in [2.05, 4.69) is 4.74 Å². The monoisotopic (exact) mass is 309 g/mol. The summed E-state index contributed by atoms with van der Waals surface area (Å²) in [6, 6.07) is 1.35. The van der Waals surface area contributed by atoms with E-state index in [1.807, 2.05) is 0 Å². The van der Waals surface area contributed by atoms with Crippen molar-refractivity contribution in [3.8, 4) is 5.75 Å². The zero-order valence-electron chi connectivity index (χ0n) is 12.7. The number of hydrogen-bond acceptors (Lipinski definition) is 6. The maximum absolute atomic E-state index is 12.5. The van der Waals surface area contributed by atoms with Crippen molar-refractivity contribution in [1.29, 1.82) is 0 Å². The van der Waals surface area contributed by atoms with Gasteiger partial charge in [0.2, 0.25) is 0 Å². The van der Waals surface area contributed by atoms with Gasteiger partial charge >= 0.3 is 6.16 Å². The lowest BCUT2D eigenvalue weighted by atomic mass is 9.94. The molecule has 0 aliphatic heterocycles. The molecule has 0 saturated carbocycles. The first kappa shape index (κ1) is 16.2. The molecule has 0 fully saturated rings. The Morgan fingerprint density at radius 3 is 2.77 bits per heavy atom. The van der Waals surface area contributed by atoms with Crippen molar-refractivity contribution in [3.63, 3.8) is 0 Å². The SMILES string of the molecule is CCOC(=O)Oc1cc2c(n(CCOC)c1=O)CCCC2=O. The van der Waals surface area contributed by atoms with Crippen LogP contribution in [0.15, 0.2) is 10.9 Å². The molecule has 0 saturated heterocycles. The Morgan fingerprint density at radius 1 is 1.32 bits per heavy atom. The third kappa shape index (κ3) is 3.36. The molecule has 0 N–H and O–H groups in total. The van der Waals surface area contributed by atoms with Gasteiger partial charge in [0, 0.05) is 31.3 Å². The summed E-state index contributed by atoms with van der Waals surface area (Å²) < 4.78 is 16.1. The Balaban J connectivity index is 2.46. The maximum atomic E-state index is 12.5. The number of aromatic nitrogens is 1. The molecule has 0 unspecified atom stereocenters. The second kappa shape index (κ2) is 7.22. The van der Waals surface area contributed by atoms with Gasteiger partial charge < -0.3 is 18.8 Å². The minimum Gasteiger partial charge on any atom is -0.434 e. The summed E-state index contributed by atoms with van der Waals surface area (Å²) in [6.45, 7) is 2.39. The van der Waals surface area contributed by atoms with Gasteiger partial charge in [-0.2, -0.15) is 0 Å². The van der Waals surface area contributed by atoms with E-state index < -0.39 is 11.7 Å². The van der Waals surface area contributed by atoms with Gasteiger partial charge in [-0.1, -0.05) is 0 Å². The van der Waals surface area contributed by atoms with Gasteiger partial charge in [0.15, 0.2) is 11.5 Å². The van der Waals surface area contributed by atoms with Crippen LogP contribution in [0.1, 0.15) is 35.8 Å². The third-order valence-corrected chi connectivity index (χ3v) is 3.46.